The highest BCUT2D eigenvalue weighted by Crippen LogP contribution is 2.55. The van der Waals surface area contributed by atoms with Crippen LogP contribution < -0.4 is 5.32 Å². The van der Waals surface area contributed by atoms with Crippen LogP contribution in [-0.2, 0) is 48.3 Å². The minimum atomic E-state index is -3.56. The first-order valence-corrected chi connectivity index (χ1v) is 20.9. The maximum absolute atomic E-state index is 14.4. The Hall–Kier alpha value is -1.47. The molecule has 1 amide bonds. The summed E-state index contributed by atoms with van der Waals surface area (Å²) in [6.45, 7) is 4.07. The first kappa shape index (κ1) is 43.3. The van der Waals surface area contributed by atoms with Crippen LogP contribution in [0, 0.1) is 0 Å². The Morgan fingerprint density at radius 3 is 2.08 bits per heavy atom. The second-order valence-electron chi connectivity index (χ2n) is 13.2. The van der Waals surface area contributed by atoms with Crippen molar-refractivity contribution < 1.29 is 51.8 Å². The number of ether oxygens (including phenoxy) is 5. The Balaban J connectivity index is 1.25. The lowest BCUT2D eigenvalue weighted by molar-refractivity contribution is -0.0657. The van der Waals surface area contributed by atoms with Gasteiger partial charge in [0.05, 0.1) is 64.6 Å². The van der Waals surface area contributed by atoms with Gasteiger partial charge in [0.25, 0.3) is 0 Å². The van der Waals surface area contributed by atoms with Gasteiger partial charge in [-0.15, -0.1) is 0 Å². The average molecular weight is 775 g/mol. The fourth-order valence-electron chi connectivity index (χ4n) is 6.08. The number of rotatable bonds is 20. The predicted molar refractivity (Wildman–Crippen MR) is 195 cm³/mol. The number of morpholine rings is 2. The zero-order chi connectivity index (χ0) is 37.6. The third-order valence-electron chi connectivity index (χ3n) is 8.77. The minimum Gasteiger partial charge on any atom is -0.447 e. The zero-order valence-corrected chi connectivity index (χ0v) is 32.7. The summed E-state index contributed by atoms with van der Waals surface area (Å²) in [6.07, 6.45) is -0.686. The third kappa shape index (κ3) is 12.8. The number of aliphatic hydroxyl groups excluding tert-OH is 1. The highest BCUT2D eigenvalue weighted by molar-refractivity contribution is 7.54. The molecule has 3 fully saturated rings. The van der Waals surface area contributed by atoms with Crippen LogP contribution in [0.25, 0.3) is 0 Å². The molecule has 2 radical (unpaired) electrons. The highest BCUT2D eigenvalue weighted by atomic mass is 31.2. The number of benzene rings is 1. The zero-order valence-electron chi connectivity index (χ0n) is 31.0. The normalized spacial score (nSPS) is 25.9. The van der Waals surface area contributed by atoms with E-state index < -0.39 is 33.5 Å². The number of carbonyl (C=O) groups excluding carboxylic acids is 1. The number of hydrogen-bond acceptors (Lipinski definition) is 12. The van der Waals surface area contributed by atoms with Gasteiger partial charge >= 0.3 is 21.4 Å². The quantitative estimate of drug-likeness (QED) is 0.109. The highest BCUT2D eigenvalue weighted by Gasteiger charge is 2.43. The molecule has 3 aliphatic heterocycles. The van der Waals surface area contributed by atoms with Gasteiger partial charge in [-0.2, -0.15) is 0 Å². The second-order valence-corrected chi connectivity index (χ2v) is 18.4. The molecule has 0 bridgehead atoms. The van der Waals surface area contributed by atoms with E-state index in [0.29, 0.717) is 45.9 Å². The molecule has 0 aromatic heterocycles. The summed E-state index contributed by atoms with van der Waals surface area (Å²) in [7, 11) is 5.97. The maximum Gasteiger partial charge on any atom is 0.409 e. The minimum absolute atomic E-state index is 0.0360. The number of carbonyl (C=O) groups is 1. The molecule has 6 atom stereocenters. The Morgan fingerprint density at radius 1 is 0.827 bits per heavy atom. The lowest BCUT2D eigenvalue weighted by atomic mass is 9.98. The van der Waals surface area contributed by atoms with E-state index in [1.54, 1.807) is 51.8 Å². The molecule has 294 valence electrons. The van der Waals surface area contributed by atoms with Crippen LogP contribution >= 0.6 is 15.3 Å². The summed E-state index contributed by atoms with van der Waals surface area (Å²) in [6, 6.07) is 9.37. The van der Waals surface area contributed by atoms with Crippen LogP contribution in [0.1, 0.15) is 5.56 Å². The summed E-state index contributed by atoms with van der Waals surface area (Å²) in [4.78, 5) is 14.1. The van der Waals surface area contributed by atoms with Gasteiger partial charge < -0.3 is 48.1 Å². The molecular formula is C32H57BN6O11P2. The van der Waals surface area contributed by atoms with Crippen LogP contribution in [0.4, 0.5) is 4.79 Å². The molecule has 1 aromatic rings. The molecule has 3 saturated heterocycles. The first-order chi connectivity index (χ1) is 24.9. The van der Waals surface area contributed by atoms with E-state index in [2.05, 4.69) is 17.4 Å². The predicted octanol–water partition coefficient (Wildman–Crippen LogP) is 0.934. The van der Waals surface area contributed by atoms with E-state index in [-0.39, 0.29) is 64.9 Å². The van der Waals surface area contributed by atoms with E-state index in [4.69, 9.17) is 45.7 Å². The Kier molecular flexibility index (Phi) is 18.0. The smallest absolute Gasteiger partial charge is 0.409 e. The lowest BCUT2D eigenvalue weighted by Gasteiger charge is -2.44. The summed E-state index contributed by atoms with van der Waals surface area (Å²) < 4.78 is 75.6. The molecule has 17 nitrogen and oxygen atoms in total. The monoisotopic (exact) mass is 774 g/mol. The molecule has 0 aliphatic carbocycles. The van der Waals surface area contributed by atoms with Crippen molar-refractivity contribution in [2.75, 3.05) is 133 Å². The van der Waals surface area contributed by atoms with Gasteiger partial charge in [-0.3, -0.25) is 9.13 Å². The molecule has 4 rings (SSSR count). The van der Waals surface area contributed by atoms with Gasteiger partial charge in [0.15, 0.2) is 0 Å². The van der Waals surface area contributed by atoms with E-state index in [9.17, 15) is 13.9 Å². The number of hydrogen-bond donors (Lipinski definition) is 2. The van der Waals surface area contributed by atoms with Crippen LogP contribution in [-0.4, -0.2) is 200 Å². The average Bonchev–Trinajstić information content (AvgIpc) is 3.14. The SMILES string of the molecule is [B][C@H]1CN(P(=O)(OCC2CNC[C@H](Cc3ccccc3)O2)N(C)C)CC(COP(=O)(N(C)C)N2CCN(C(=O)OCCOCCOCCO)CC2)O1. The summed E-state index contributed by atoms with van der Waals surface area (Å²) in [5, 5.41) is 12.1. The van der Waals surface area contributed by atoms with Crippen molar-refractivity contribution >= 4 is 29.3 Å². The lowest BCUT2D eigenvalue weighted by Crippen LogP contribution is -2.51. The fraction of sp³-hybridized carbons (Fsp3) is 0.781. The molecule has 20 heteroatoms. The molecule has 52 heavy (non-hydrogen) atoms. The van der Waals surface area contributed by atoms with Crippen molar-refractivity contribution in [3.63, 3.8) is 0 Å². The van der Waals surface area contributed by atoms with Crippen LogP contribution in [0.5, 0.6) is 0 Å². The largest absolute Gasteiger partial charge is 0.447 e. The summed E-state index contributed by atoms with van der Waals surface area (Å²) >= 11 is 0. The maximum atomic E-state index is 14.4. The van der Waals surface area contributed by atoms with Crippen molar-refractivity contribution in [1.29, 1.82) is 0 Å². The number of amides is 1. The van der Waals surface area contributed by atoms with Crippen molar-refractivity contribution in [3.05, 3.63) is 35.9 Å². The molecule has 3 heterocycles. The number of nitrogens with zero attached hydrogens (tertiary/aromatic N) is 5. The summed E-state index contributed by atoms with van der Waals surface area (Å²) in [5.74, 6) is 0. The van der Waals surface area contributed by atoms with E-state index >= 15 is 0 Å². The van der Waals surface area contributed by atoms with E-state index in [1.165, 1.54) is 5.56 Å². The number of piperazine rings is 1. The molecule has 0 spiro atoms. The van der Waals surface area contributed by atoms with E-state index in [0.717, 1.165) is 13.0 Å². The summed E-state index contributed by atoms with van der Waals surface area (Å²) in [5.41, 5.74) is 1.18. The number of nitrogens with one attached hydrogen (secondary N) is 1. The van der Waals surface area contributed by atoms with Gasteiger partial charge in [0.2, 0.25) is 0 Å². The van der Waals surface area contributed by atoms with Gasteiger partial charge in [0.1, 0.15) is 14.5 Å². The molecule has 2 N–H and O–H groups in total. The number of aliphatic hydroxyl groups is 1. The van der Waals surface area contributed by atoms with Crippen molar-refractivity contribution in [3.8, 4) is 0 Å². The third-order valence-corrected chi connectivity index (χ3v) is 13.9. The molecule has 3 aliphatic rings. The van der Waals surface area contributed by atoms with Crippen molar-refractivity contribution in [2.24, 2.45) is 0 Å². The van der Waals surface area contributed by atoms with Gasteiger partial charge in [-0.1, -0.05) is 30.3 Å². The Morgan fingerprint density at radius 2 is 1.42 bits per heavy atom. The van der Waals surface area contributed by atoms with E-state index in [1.807, 2.05) is 18.2 Å². The molecule has 0 saturated carbocycles. The van der Waals surface area contributed by atoms with Crippen molar-refractivity contribution in [2.45, 2.75) is 30.7 Å². The molecular weight excluding hydrogens is 717 g/mol. The molecule has 1 aromatic carbocycles. The topological polar surface area (TPSA) is 164 Å². The Bertz CT molecular complexity index is 1300. The fourth-order valence-corrected chi connectivity index (χ4v) is 10.0. The van der Waals surface area contributed by atoms with Gasteiger partial charge in [-0.25, -0.2) is 23.5 Å². The van der Waals surface area contributed by atoms with Gasteiger partial charge in [-0.05, 0) is 40.2 Å². The molecule has 4 unspecified atom stereocenters. The van der Waals surface area contributed by atoms with Gasteiger partial charge in [0, 0.05) is 58.4 Å². The second kappa shape index (κ2) is 21.6. The van der Waals surface area contributed by atoms with Crippen molar-refractivity contribution in [1.82, 2.24) is 28.9 Å². The Labute approximate surface area is 309 Å². The van der Waals surface area contributed by atoms with Crippen LogP contribution in [0.3, 0.4) is 0 Å². The van der Waals surface area contributed by atoms with Crippen LogP contribution in [0.2, 0.25) is 0 Å². The standard InChI is InChI=1S/C32H57BN6O11P2/c1-35(2)51(42,38-12-10-37(11-13-38)32(41)46-19-18-45-17-16-44-15-14-40)48-26-30-23-39(24-31(33)50-30)52(43,36(3)4)47-25-29-22-34-21-28(49-29)20-27-8-6-5-7-9-27/h5-9,28-31,34,40H,10-26H2,1-4H3/t28-,29?,30?,31+,51?,52?/m0/s1. The first-order valence-electron chi connectivity index (χ1n) is 17.8. The van der Waals surface area contributed by atoms with Crippen LogP contribution in [0.15, 0.2) is 30.3 Å².